The smallest absolute Gasteiger partial charge is 0.330 e. The predicted molar refractivity (Wildman–Crippen MR) is 140 cm³/mol. The first-order valence-corrected chi connectivity index (χ1v) is 11.6. The molecular formula is C28H34I2N6O3. The molecule has 11 heteroatoms. The number of hydrazine groups is 2. The van der Waals surface area contributed by atoms with Crippen molar-refractivity contribution in [3.05, 3.63) is 132 Å². The number of rotatable bonds is 8. The molecule has 4 rings (SSSR count). The van der Waals surface area contributed by atoms with Gasteiger partial charge in [0.25, 0.3) is 11.4 Å². The molecule has 0 bridgehead atoms. The summed E-state index contributed by atoms with van der Waals surface area (Å²) in [5.41, 5.74) is 14.6. The van der Waals surface area contributed by atoms with Gasteiger partial charge in [-0.3, -0.25) is 20.4 Å². The number of aryl methyl sites for hydroxylation is 2. The van der Waals surface area contributed by atoms with Gasteiger partial charge in [-0.2, -0.15) is 9.13 Å². The first kappa shape index (κ1) is 36.0. The van der Waals surface area contributed by atoms with Crippen molar-refractivity contribution in [3.8, 4) is 0 Å². The molecule has 0 aliphatic rings. The number of hydrogen-bond acceptors (Lipinski definition) is 4. The van der Waals surface area contributed by atoms with Crippen LogP contribution in [0.25, 0.3) is 0 Å². The van der Waals surface area contributed by atoms with Gasteiger partial charge < -0.3 is 53.4 Å². The van der Waals surface area contributed by atoms with Crippen LogP contribution >= 0.6 is 0 Å². The molecule has 0 radical (unpaired) electrons. The molecule has 0 atom stereocenters. The maximum absolute atomic E-state index is 11.9. The number of nitrogens with one attached hydrogen (secondary N) is 4. The average molecular weight is 756 g/mol. The molecule has 39 heavy (non-hydrogen) atoms. The van der Waals surface area contributed by atoms with E-state index in [9.17, 15) is 9.59 Å². The molecule has 9 nitrogen and oxygen atoms in total. The molecule has 0 saturated carbocycles. The fourth-order valence-corrected chi connectivity index (χ4v) is 3.29. The molecule has 208 valence electrons. The highest BCUT2D eigenvalue weighted by atomic mass is 127. The molecule has 2 heterocycles. The summed E-state index contributed by atoms with van der Waals surface area (Å²) >= 11 is 0. The fraction of sp³-hybridized carbons (Fsp3) is 0.143. The highest BCUT2D eigenvalue weighted by Crippen LogP contribution is 1.97. The lowest BCUT2D eigenvalue weighted by Crippen LogP contribution is -3.00. The summed E-state index contributed by atoms with van der Waals surface area (Å²) in [5, 5.41) is 0. The number of carbonyl (C=O) groups is 2. The van der Waals surface area contributed by atoms with Crippen LogP contribution in [0.1, 0.15) is 32.1 Å². The van der Waals surface area contributed by atoms with Crippen molar-refractivity contribution < 1.29 is 72.2 Å². The summed E-state index contributed by atoms with van der Waals surface area (Å²) in [7, 11) is 3.68. The average Bonchev–Trinajstić information content (AvgIpc) is 2.91. The maximum atomic E-state index is 11.9. The molecule has 2 aromatic heterocycles. The van der Waals surface area contributed by atoms with Gasteiger partial charge in [0, 0.05) is 37.4 Å². The summed E-state index contributed by atoms with van der Waals surface area (Å²) in [4.78, 5) is 23.7. The van der Waals surface area contributed by atoms with Gasteiger partial charge in [0.1, 0.15) is 14.1 Å². The number of hydrogen-bond donors (Lipinski definition) is 4. The fourth-order valence-electron chi connectivity index (χ4n) is 3.29. The summed E-state index contributed by atoms with van der Waals surface area (Å²) in [6, 6.07) is 30.8. The Labute approximate surface area is 263 Å². The molecule has 0 unspecified atom stereocenters. The molecule has 2 aromatic carbocycles. The molecule has 4 aromatic rings. The van der Waals surface area contributed by atoms with Crippen molar-refractivity contribution in [3.63, 3.8) is 0 Å². The second-order valence-electron chi connectivity index (χ2n) is 7.98. The van der Waals surface area contributed by atoms with Crippen molar-refractivity contribution in [2.45, 2.75) is 13.1 Å². The second kappa shape index (κ2) is 20.0. The van der Waals surface area contributed by atoms with Crippen molar-refractivity contribution in [1.29, 1.82) is 0 Å². The number of nitrogens with zero attached hydrogens (tertiary/aromatic N) is 2. The van der Waals surface area contributed by atoms with E-state index in [-0.39, 0.29) is 65.2 Å². The lowest BCUT2D eigenvalue weighted by Gasteiger charge is -2.05. The van der Waals surface area contributed by atoms with Crippen LogP contribution in [-0.4, -0.2) is 17.3 Å². The lowest BCUT2D eigenvalue weighted by atomic mass is 10.2. The Morgan fingerprint density at radius 2 is 0.897 bits per heavy atom. The van der Waals surface area contributed by atoms with E-state index in [4.69, 9.17) is 0 Å². The zero-order valence-corrected chi connectivity index (χ0v) is 26.1. The Hall–Kier alpha value is -2.98. The lowest BCUT2D eigenvalue weighted by molar-refractivity contribution is -0.673. The summed E-state index contributed by atoms with van der Waals surface area (Å²) in [6.45, 7) is 1.20. The minimum Gasteiger partial charge on any atom is -1.00 e. The third-order valence-electron chi connectivity index (χ3n) is 5.25. The standard InChI is InChI=1S/2C14H15N3O.2HI.H2O/c2*1-17-10-6-5-9-13(17)14(18)16-15-11-12-7-3-2-4-8-12;;;/h2*2-10,18H,11H2,1H3;2*1H;1H2. The summed E-state index contributed by atoms with van der Waals surface area (Å²) in [6.07, 6.45) is 3.68. The topological polar surface area (TPSA) is 122 Å². The number of pyridine rings is 2. The molecule has 0 saturated heterocycles. The molecule has 0 spiro atoms. The van der Waals surface area contributed by atoms with E-state index < -0.39 is 0 Å². The van der Waals surface area contributed by atoms with Crippen LogP contribution in [0.3, 0.4) is 0 Å². The van der Waals surface area contributed by atoms with Gasteiger partial charge in [-0.15, -0.1) is 0 Å². The summed E-state index contributed by atoms with van der Waals surface area (Å²) in [5.74, 6) is -0.289. The number of carbonyl (C=O) groups excluding carboxylic acids is 2. The molecule has 0 aliphatic heterocycles. The molecule has 6 N–H and O–H groups in total. The van der Waals surface area contributed by atoms with E-state index in [1.54, 1.807) is 21.3 Å². The van der Waals surface area contributed by atoms with E-state index in [2.05, 4.69) is 21.7 Å². The van der Waals surface area contributed by atoms with Crippen molar-refractivity contribution in [1.82, 2.24) is 21.7 Å². The molecular weight excluding hydrogens is 722 g/mol. The zero-order valence-electron chi connectivity index (χ0n) is 21.8. The van der Waals surface area contributed by atoms with Gasteiger partial charge in [0.05, 0.1) is 0 Å². The van der Waals surface area contributed by atoms with Gasteiger partial charge in [0.2, 0.25) is 0 Å². The largest absolute Gasteiger partial charge is 1.00 e. The number of amides is 2. The van der Waals surface area contributed by atoms with E-state index in [0.717, 1.165) is 11.1 Å². The minimum atomic E-state index is -0.144. The van der Waals surface area contributed by atoms with E-state index >= 15 is 0 Å². The Morgan fingerprint density at radius 1 is 0.564 bits per heavy atom. The van der Waals surface area contributed by atoms with E-state index in [0.29, 0.717) is 24.5 Å². The number of benzene rings is 2. The number of aromatic nitrogens is 2. The van der Waals surface area contributed by atoms with Crippen LogP contribution in [0.5, 0.6) is 0 Å². The second-order valence-corrected chi connectivity index (χ2v) is 7.98. The molecule has 2 amide bonds. The van der Waals surface area contributed by atoms with Gasteiger partial charge >= 0.3 is 11.8 Å². The highest BCUT2D eigenvalue weighted by Gasteiger charge is 2.15. The van der Waals surface area contributed by atoms with Gasteiger partial charge in [0.15, 0.2) is 12.4 Å². The van der Waals surface area contributed by atoms with Crippen molar-refractivity contribution >= 4 is 11.8 Å². The van der Waals surface area contributed by atoms with Gasteiger partial charge in [-0.05, 0) is 23.3 Å². The summed E-state index contributed by atoms with van der Waals surface area (Å²) < 4.78 is 3.55. The third kappa shape index (κ3) is 12.6. The van der Waals surface area contributed by atoms with Crippen LogP contribution in [-0.2, 0) is 27.2 Å². The zero-order chi connectivity index (χ0) is 25.6. The van der Waals surface area contributed by atoms with Crippen molar-refractivity contribution in [2.24, 2.45) is 14.1 Å². The predicted octanol–water partition coefficient (Wildman–Crippen LogP) is -4.93. The van der Waals surface area contributed by atoms with Gasteiger partial charge in [-0.25, -0.2) is 10.9 Å². The minimum absolute atomic E-state index is 0. The normalized spacial score (nSPS) is 9.28. The van der Waals surface area contributed by atoms with Gasteiger partial charge in [-0.1, -0.05) is 60.7 Å². The van der Waals surface area contributed by atoms with Crippen molar-refractivity contribution in [2.75, 3.05) is 0 Å². The Morgan fingerprint density at radius 3 is 1.23 bits per heavy atom. The van der Waals surface area contributed by atoms with E-state index in [1.165, 1.54) is 0 Å². The van der Waals surface area contributed by atoms with Crippen LogP contribution in [0, 0.1) is 0 Å². The van der Waals surface area contributed by atoms with Crippen LogP contribution < -0.4 is 78.8 Å². The highest BCUT2D eigenvalue weighted by molar-refractivity contribution is 5.90. The number of halogens is 2. The quantitative estimate of drug-likeness (QED) is 0.0820. The first-order valence-electron chi connectivity index (χ1n) is 11.6. The third-order valence-corrected chi connectivity index (χ3v) is 5.25. The first-order chi connectivity index (χ1) is 17.5. The van der Waals surface area contributed by atoms with Crippen LogP contribution in [0.15, 0.2) is 109 Å². The Balaban J connectivity index is 0.000000688. The molecule has 0 aliphatic carbocycles. The van der Waals surface area contributed by atoms with Crippen LogP contribution in [0.2, 0.25) is 0 Å². The monoisotopic (exact) mass is 756 g/mol. The Bertz CT molecular complexity index is 1170. The maximum Gasteiger partial charge on any atom is 0.330 e. The van der Waals surface area contributed by atoms with E-state index in [1.807, 2.05) is 111 Å². The Kier molecular flexibility index (Phi) is 18.5. The molecule has 0 fully saturated rings. The van der Waals surface area contributed by atoms with Crippen LogP contribution in [0.4, 0.5) is 0 Å². The SMILES string of the molecule is C[n+]1ccccc1C(=O)NNCc1ccccc1.C[n+]1ccccc1C(=O)NNCc1ccccc1.O.[I-].[I-].